The lowest BCUT2D eigenvalue weighted by Crippen LogP contribution is -2.54. The number of carbonyl (C=O) groups is 3. The van der Waals surface area contributed by atoms with Gasteiger partial charge in [0.15, 0.2) is 5.13 Å². The second-order valence-corrected chi connectivity index (χ2v) is 8.60. The molecule has 1 aromatic carbocycles. The third kappa shape index (κ3) is 3.55. The molecule has 0 radical (unpaired) electrons. The summed E-state index contributed by atoms with van der Waals surface area (Å²) in [5, 5.41) is 5.99. The lowest BCUT2D eigenvalue weighted by atomic mass is 9.73. The van der Waals surface area contributed by atoms with Crippen LogP contribution in [0.3, 0.4) is 0 Å². The Kier molecular flexibility index (Phi) is 5.16. The average Bonchev–Trinajstić information content (AvgIpc) is 3.18. The molecule has 2 heterocycles. The number of carbonyl (C=O) groups excluding carboxylic acids is 3. The highest BCUT2D eigenvalue weighted by atomic mass is 32.1. The molecule has 1 saturated heterocycles. The number of fused-ring (bicyclic) bond motifs is 1. The van der Waals surface area contributed by atoms with Crippen molar-refractivity contribution >= 4 is 44.5 Å². The molecule has 2 aliphatic rings. The van der Waals surface area contributed by atoms with Crippen LogP contribution in [0.5, 0.6) is 5.75 Å². The number of benzene rings is 1. The number of anilines is 1. The van der Waals surface area contributed by atoms with Gasteiger partial charge in [0.05, 0.1) is 16.8 Å². The van der Waals surface area contributed by atoms with E-state index in [1.807, 2.05) is 32.0 Å². The summed E-state index contributed by atoms with van der Waals surface area (Å²) in [4.78, 5) is 43.3. The van der Waals surface area contributed by atoms with Gasteiger partial charge in [-0.05, 0) is 43.9 Å². The summed E-state index contributed by atoms with van der Waals surface area (Å²) in [6.07, 6.45) is 3.46. The fourth-order valence-corrected chi connectivity index (χ4v) is 5.07. The number of imide groups is 1. The minimum atomic E-state index is -0.860. The third-order valence-corrected chi connectivity index (χ3v) is 6.65. The van der Waals surface area contributed by atoms with Gasteiger partial charge in [-0.2, -0.15) is 0 Å². The second kappa shape index (κ2) is 7.62. The van der Waals surface area contributed by atoms with Crippen LogP contribution in [0.4, 0.5) is 9.93 Å². The molecule has 1 aromatic heterocycles. The molecule has 2 aromatic rings. The first-order chi connectivity index (χ1) is 13.9. The summed E-state index contributed by atoms with van der Waals surface area (Å²) in [6.45, 7) is 4.15. The maximum absolute atomic E-state index is 13.0. The van der Waals surface area contributed by atoms with E-state index < -0.39 is 17.5 Å². The van der Waals surface area contributed by atoms with Crippen LogP contribution in [0.2, 0.25) is 0 Å². The van der Waals surface area contributed by atoms with Crippen molar-refractivity contribution < 1.29 is 19.1 Å². The Morgan fingerprint density at radius 2 is 2.24 bits per heavy atom. The predicted molar refractivity (Wildman–Crippen MR) is 110 cm³/mol. The van der Waals surface area contributed by atoms with Gasteiger partial charge in [-0.3, -0.25) is 14.5 Å². The molecule has 4 amide bonds. The summed E-state index contributed by atoms with van der Waals surface area (Å²) < 4.78 is 6.37. The standard InChI is InChI=1S/C20H24N4O4S/c1-3-28-13-7-8-14-15(10-13)29-18(21-14)22-16(25)11-24-17(26)20(23-19(24)27)9-5-4-6-12(20)2/h7-8,10,12H,3-6,9,11H2,1-2H3,(H,23,27)(H,21,22,25)/t12-,20+/m1/s1. The first-order valence-corrected chi connectivity index (χ1v) is 10.7. The zero-order valence-corrected chi connectivity index (χ0v) is 17.3. The minimum Gasteiger partial charge on any atom is -0.494 e. The van der Waals surface area contributed by atoms with E-state index in [9.17, 15) is 14.4 Å². The maximum atomic E-state index is 13.0. The second-order valence-electron chi connectivity index (χ2n) is 7.57. The van der Waals surface area contributed by atoms with Crippen LogP contribution in [0.25, 0.3) is 10.2 Å². The molecule has 154 valence electrons. The molecule has 2 N–H and O–H groups in total. The van der Waals surface area contributed by atoms with Gasteiger partial charge in [-0.25, -0.2) is 9.78 Å². The number of hydrogen-bond donors (Lipinski definition) is 2. The number of nitrogens with zero attached hydrogens (tertiary/aromatic N) is 2. The van der Waals surface area contributed by atoms with Gasteiger partial charge in [-0.15, -0.1) is 0 Å². The van der Waals surface area contributed by atoms with E-state index in [2.05, 4.69) is 15.6 Å². The largest absolute Gasteiger partial charge is 0.494 e. The Morgan fingerprint density at radius 1 is 1.41 bits per heavy atom. The van der Waals surface area contributed by atoms with Crippen LogP contribution >= 0.6 is 11.3 Å². The highest BCUT2D eigenvalue weighted by Crippen LogP contribution is 2.38. The Morgan fingerprint density at radius 3 is 3.00 bits per heavy atom. The first-order valence-electron chi connectivity index (χ1n) is 9.90. The van der Waals surface area contributed by atoms with Crippen molar-refractivity contribution in [2.24, 2.45) is 5.92 Å². The molecule has 0 bridgehead atoms. The molecule has 0 unspecified atom stereocenters. The van der Waals surface area contributed by atoms with Crippen molar-refractivity contribution in [3.8, 4) is 5.75 Å². The van der Waals surface area contributed by atoms with Gasteiger partial charge < -0.3 is 15.4 Å². The van der Waals surface area contributed by atoms with Crippen LogP contribution < -0.4 is 15.4 Å². The van der Waals surface area contributed by atoms with Gasteiger partial charge in [-0.1, -0.05) is 31.1 Å². The van der Waals surface area contributed by atoms with E-state index in [-0.39, 0.29) is 18.4 Å². The summed E-state index contributed by atoms with van der Waals surface area (Å²) in [5.41, 5.74) is -0.111. The number of ether oxygens (including phenoxy) is 1. The van der Waals surface area contributed by atoms with E-state index in [0.717, 1.165) is 40.1 Å². The van der Waals surface area contributed by atoms with Crippen LogP contribution in [-0.2, 0) is 9.59 Å². The summed E-state index contributed by atoms with van der Waals surface area (Å²) in [5.74, 6) is 0.0610. The van der Waals surface area contributed by atoms with Gasteiger partial charge in [0.1, 0.15) is 17.8 Å². The van der Waals surface area contributed by atoms with Gasteiger partial charge >= 0.3 is 6.03 Å². The SMILES string of the molecule is CCOc1ccc2nc(NC(=O)CN3C(=O)N[C@]4(CCCC[C@H]4C)C3=O)sc2c1. The van der Waals surface area contributed by atoms with E-state index in [1.165, 1.54) is 11.3 Å². The molecule has 4 rings (SSSR count). The molecule has 1 aliphatic heterocycles. The lowest BCUT2D eigenvalue weighted by molar-refractivity contribution is -0.136. The fourth-order valence-electron chi connectivity index (χ4n) is 4.16. The van der Waals surface area contributed by atoms with Gasteiger partial charge in [0.25, 0.3) is 5.91 Å². The molecule has 2 atom stereocenters. The van der Waals surface area contributed by atoms with Crippen molar-refractivity contribution in [1.29, 1.82) is 0 Å². The molecule has 2 fully saturated rings. The van der Waals surface area contributed by atoms with Crippen LogP contribution in [-0.4, -0.2) is 46.4 Å². The molecule has 29 heavy (non-hydrogen) atoms. The zero-order chi connectivity index (χ0) is 20.6. The number of amides is 4. The van der Waals surface area contributed by atoms with Crippen LogP contribution in [0.15, 0.2) is 18.2 Å². The monoisotopic (exact) mass is 416 g/mol. The zero-order valence-electron chi connectivity index (χ0n) is 16.5. The number of urea groups is 1. The maximum Gasteiger partial charge on any atom is 0.325 e. The summed E-state index contributed by atoms with van der Waals surface area (Å²) in [7, 11) is 0. The van der Waals surface area contributed by atoms with Crippen LogP contribution in [0, 0.1) is 5.92 Å². The third-order valence-electron chi connectivity index (χ3n) is 5.72. The molecule has 1 spiro atoms. The van der Waals surface area contributed by atoms with E-state index in [4.69, 9.17) is 4.74 Å². The Balaban J connectivity index is 1.45. The van der Waals surface area contributed by atoms with Crippen molar-refractivity contribution in [3.05, 3.63) is 18.2 Å². The van der Waals surface area contributed by atoms with E-state index in [1.54, 1.807) is 0 Å². The highest BCUT2D eigenvalue weighted by Gasteiger charge is 2.55. The quantitative estimate of drug-likeness (QED) is 0.730. The molecule has 8 nitrogen and oxygen atoms in total. The van der Waals surface area contributed by atoms with Gasteiger partial charge in [0.2, 0.25) is 5.91 Å². The average molecular weight is 417 g/mol. The van der Waals surface area contributed by atoms with Crippen LogP contribution in [0.1, 0.15) is 39.5 Å². The van der Waals surface area contributed by atoms with Gasteiger partial charge in [0, 0.05) is 0 Å². The van der Waals surface area contributed by atoms with E-state index in [0.29, 0.717) is 18.2 Å². The number of rotatable bonds is 5. The number of aromatic nitrogens is 1. The number of thiazole rings is 1. The lowest BCUT2D eigenvalue weighted by Gasteiger charge is -2.36. The topological polar surface area (TPSA) is 101 Å². The van der Waals surface area contributed by atoms with E-state index >= 15 is 0 Å². The molecule has 1 aliphatic carbocycles. The Hall–Kier alpha value is -2.68. The Labute approximate surface area is 172 Å². The summed E-state index contributed by atoms with van der Waals surface area (Å²) in [6, 6.07) is 5.04. The van der Waals surface area contributed by atoms with Crippen molar-refractivity contribution in [3.63, 3.8) is 0 Å². The number of hydrogen-bond acceptors (Lipinski definition) is 6. The molecule has 1 saturated carbocycles. The van der Waals surface area contributed by atoms with Crippen molar-refractivity contribution in [2.45, 2.75) is 45.1 Å². The highest BCUT2D eigenvalue weighted by molar-refractivity contribution is 7.22. The summed E-state index contributed by atoms with van der Waals surface area (Å²) >= 11 is 1.32. The Bertz CT molecular complexity index is 975. The minimum absolute atomic E-state index is 0.0598. The molecular formula is C20H24N4O4S. The smallest absolute Gasteiger partial charge is 0.325 e. The predicted octanol–water partition coefficient (Wildman–Crippen LogP) is 3.13. The molecular weight excluding hydrogens is 392 g/mol. The fraction of sp³-hybridized carbons (Fsp3) is 0.500. The first kappa shape index (κ1) is 19.6. The molecule has 9 heteroatoms. The number of nitrogens with one attached hydrogen (secondary N) is 2. The van der Waals surface area contributed by atoms with Crippen molar-refractivity contribution in [1.82, 2.24) is 15.2 Å². The normalized spacial score (nSPS) is 24.2. The van der Waals surface area contributed by atoms with Crippen molar-refractivity contribution in [2.75, 3.05) is 18.5 Å².